The van der Waals surface area contributed by atoms with E-state index in [1.165, 1.54) is 0 Å². The molecule has 0 spiro atoms. The minimum atomic E-state index is -0.322. The van der Waals surface area contributed by atoms with Gasteiger partial charge in [-0.1, -0.05) is 12.6 Å². The van der Waals surface area contributed by atoms with Crippen molar-refractivity contribution in [3.8, 4) is 0 Å². The molecule has 2 aromatic heterocycles. The smallest absolute Gasteiger partial charge is 0.251 e. The highest BCUT2D eigenvalue weighted by Crippen LogP contribution is 2.16. The van der Waals surface area contributed by atoms with E-state index in [1.54, 1.807) is 74.2 Å². The largest absolute Gasteiger partial charge is 0.352 e. The monoisotopic (exact) mass is 484 g/mol. The van der Waals surface area contributed by atoms with Crippen LogP contribution in [0.25, 0.3) is 0 Å². The molecule has 1 aromatic carbocycles. The molecule has 0 unspecified atom stereocenters. The third kappa shape index (κ3) is 7.80. The highest BCUT2D eigenvalue weighted by molar-refractivity contribution is 6.00. The molecule has 3 rings (SSSR count). The Morgan fingerprint density at radius 1 is 0.722 bits per heavy atom. The average molecular weight is 485 g/mol. The van der Waals surface area contributed by atoms with Gasteiger partial charge in [-0.15, -0.1) is 0 Å². The molecule has 0 radical (unpaired) electrons. The SMILES string of the molecule is C=C(C)C(=O)NCCCNC(=O)c1cc(CC(=O)c2ccncc2)cc(CC(=O)c2ccncc2)c1. The number of Topliss-reactive ketones (excluding diaryl/α,β-unsaturated/α-hetero) is 2. The van der Waals surface area contributed by atoms with Gasteiger partial charge in [0.1, 0.15) is 0 Å². The summed E-state index contributed by atoms with van der Waals surface area (Å²) in [6, 6.07) is 11.7. The summed E-state index contributed by atoms with van der Waals surface area (Å²) in [6.45, 7) is 5.96. The van der Waals surface area contributed by atoms with E-state index in [0.717, 1.165) is 0 Å². The Morgan fingerprint density at radius 2 is 1.19 bits per heavy atom. The van der Waals surface area contributed by atoms with Gasteiger partial charge in [-0.25, -0.2) is 0 Å². The first-order chi connectivity index (χ1) is 17.3. The maximum absolute atomic E-state index is 12.9. The highest BCUT2D eigenvalue weighted by atomic mass is 16.2. The number of carbonyl (C=O) groups is 4. The van der Waals surface area contributed by atoms with Crippen molar-refractivity contribution in [1.29, 1.82) is 0 Å². The Hall–Kier alpha value is -4.46. The summed E-state index contributed by atoms with van der Waals surface area (Å²) >= 11 is 0. The lowest BCUT2D eigenvalue weighted by molar-refractivity contribution is -0.117. The van der Waals surface area contributed by atoms with Gasteiger partial charge in [0.2, 0.25) is 5.91 Å². The van der Waals surface area contributed by atoms with Crippen LogP contribution in [0, 0.1) is 0 Å². The molecule has 0 fully saturated rings. The molecule has 8 heteroatoms. The molecule has 36 heavy (non-hydrogen) atoms. The second-order valence-corrected chi connectivity index (χ2v) is 8.36. The second kappa shape index (κ2) is 12.9. The topological polar surface area (TPSA) is 118 Å². The number of nitrogens with one attached hydrogen (secondary N) is 2. The minimum Gasteiger partial charge on any atom is -0.352 e. The van der Waals surface area contributed by atoms with Crippen LogP contribution in [-0.2, 0) is 17.6 Å². The lowest BCUT2D eigenvalue weighted by atomic mass is 9.96. The fourth-order valence-electron chi connectivity index (χ4n) is 3.49. The third-order valence-electron chi connectivity index (χ3n) is 5.36. The van der Waals surface area contributed by atoms with Crippen molar-refractivity contribution in [2.45, 2.75) is 26.2 Å². The van der Waals surface area contributed by atoms with Crippen LogP contribution in [0.4, 0.5) is 0 Å². The predicted molar refractivity (Wildman–Crippen MR) is 136 cm³/mol. The van der Waals surface area contributed by atoms with Crippen LogP contribution in [0.2, 0.25) is 0 Å². The van der Waals surface area contributed by atoms with Crippen LogP contribution in [0.5, 0.6) is 0 Å². The number of benzene rings is 1. The van der Waals surface area contributed by atoms with Gasteiger partial charge in [-0.3, -0.25) is 29.1 Å². The van der Waals surface area contributed by atoms with Crippen molar-refractivity contribution in [1.82, 2.24) is 20.6 Å². The number of nitrogens with zero attached hydrogens (tertiary/aromatic N) is 2. The third-order valence-corrected chi connectivity index (χ3v) is 5.36. The van der Waals surface area contributed by atoms with E-state index in [2.05, 4.69) is 27.2 Å². The van der Waals surface area contributed by atoms with Crippen molar-refractivity contribution < 1.29 is 19.2 Å². The number of amides is 2. The number of carbonyl (C=O) groups excluding carboxylic acids is 4. The van der Waals surface area contributed by atoms with E-state index in [0.29, 0.717) is 52.9 Å². The van der Waals surface area contributed by atoms with Crippen molar-refractivity contribution in [2.75, 3.05) is 13.1 Å². The summed E-state index contributed by atoms with van der Waals surface area (Å²) in [5.41, 5.74) is 3.09. The Bertz CT molecular complexity index is 1190. The number of hydrogen-bond acceptors (Lipinski definition) is 6. The first-order valence-corrected chi connectivity index (χ1v) is 11.5. The second-order valence-electron chi connectivity index (χ2n) is 8.36. The standard InChI is InChI=1S/C28H28N4O4/c1-19(2)27(35)31-8-3-9-32-28(36)24-15-20(17-25(33)22-4-10-29-11-5-22)14-21(16-24)18-26(34)23-6-12-30-13-7-23/h4-7,10-16H,1,3,8-9,17-18H2,2H3,(H,31,35)(H,32,36). The predicted octanol–water partition coefficient (Wildman–Crippen LogP) is 3.14. The minimum absolute atomic E-state index is 0.0779. The molecule has 2 amide bonds. The molecule has 0 bridgehead atoms. The summed E-state index contributed by atoms with van der Waals surface area (Å²) in [7, 11) is 0. The summed E-state index contributed by atoms with van der Waals surface area (Å²) in [4.78, 5) is 57.8. The number of pyridine rings is 2. The molecule has 0 atom stereocenters. The van der Waals surface area contributed by atoms with Crippen LogP contribution in [0.1, 0.15) is 55.5 Å². The molecule has 0 aliphatic heterocycles. The van der Waals surface area contributed by atoms with Gasteiger partial charge >= 0.3 is 0 Å². The van der Waals surface area contributed by atoms with Crippen LogP contribution in [0.3, 0.4) is 0 Å². The Morgan fingerprint density at radius 3 is 1.67 bits per heavy atom. The van der Waals surface area contributed by atoms with Crippen LogP contribution in [0.15, 0.2) is 79.4 Å². The zero-order valence-corrected chi connectivity index (χ0v) is 20.1. The Labute approximate surface area is 209 Å². The number of aromatic nitrogens is 2. The molecule has 0 aliphatic rings. The molecule has 0 saturated heterocycles. The molecule has 2 heterocycles. The summed E-state index contributed by atoms with van der Waals surface area (Å²) in [6.07, 6.45) is 6.90. The van der Waals surface area contributed by atoms with Gasteiger partial charge < -0.3 is 10.6 Å². The molecule has 2 N–H and O–H groups in total. The van der Waals surface area contributed by atoms with Gasteiger partial charge in [0.15, 0.2) is 11.6 Å². The molecule has 3 aromatic rings. The molecule has 0 saturated carbocycles. The molecule has 0 aliphatic carbocycles. The quantitative estimate of drug-likeness (QED) is 0.232. The lowest BCUT2D eigenvalue weighted by Gasteiger charge is -2.11. The van der Waals surface area contributed by atoms with Crippen molar-refractivity contribution in [3.05, 3.63) is 107 Å². The van der Waals surface area contributed by atoms with E-state index in [-0.39, 0.29) is 36.2 Å². The van der Waals surface area contributed by atoms with Crippen LogP contribution < -0.4 is 10.6 Å². The van der Waals surface area contributed by atoms with Gasteiger partial charge in [-0.2, -0.15) is 0 Å². The Balaban J connectivity index is 1.73. The van der Waals surface area contributed by atoms with E-state index >= 15 is 0 Å². The summed E-state index contributed by atoms with van der Waals surface area (Å²) in [5, 5.41) is 5.54. The van der Waals surface area contributed by atoms with E-state index in [9.17, 15) is 19.2 Å². The zero-order chi connectivity index (χ0) is 25.9. The first-order valence-electron chi connectivity index (χ1n) is 11.5. The number of ketones is 2. The molecular weight excluding hydrogens is 456 g/mol. The van der Waals surface area contributed by atoms with Gasteiger partial charge in [0, 0.05) is 73.0 Å². The van der Waals surface area contributed by atoms with Gasteiger partial charge in [0.05, 0.1) is 0 Å². The number of rotatable bonds is 12. The average Bonchev–Trinajstić information content (AvgIpc) is 2.89. The fourth-order valence-corrected chi connectivity index (χ4v) is 3.49. The zero-order valence-electron chi connectivity index (χ0n) is 20.1. The Kier molecular flexibility index (Phi) is 9.33. The van der Waals surface area contributed by atoms with Crippen molar-refractivity contribution >= 4 is 23.4 Å². The number of hydrogen-bond donors (Lipinski definition) is 2. The molecule has 184 valence electrons. The maximum atomic E-state index is 12.9. The molecule has 8 nitrogen and oxygen atoms in total. The van der Waals surface area contributed by atoms with E-state index < -0.39 is 0 Å². The fraction of sp³-hybridized carbons (Fsp3) is 0.214. The first kappa shape index (κ1) is 26.2. The summed E-state index contributed by atoms with van der Waals surface area (Å²) in [5.74, 6) is -0.780. The van der Waals surface area contributed by atoms with Gasteiger partial charge in [-0.05, 0) is 60.9 Å². The van der Waals surface area contributed by atoms with Crippen LogP contribution in [-0.4, -0.2) is 46.4 Å². The normalized spacial score (nSPS) is 10.4. The van der Waals surface area contributed by atoms with Crippen molar-refractivity contribution in [2.24, 2.45) is 0 Å². The van der Waals surface area contributed by atoms with Crippen molar-refractivity contribution in [3.63, 3.8) is 0 Å². The highest BCUT2D eigenvalue weighted by Gasteiger charge is 2.15. The van der Waals surface area contributed by atoms with E-state index in [4.69, 9.17) is 0 Å². The lowest BCUT2D eigenvalue weighted by Crippen LogP contribution is -2.30. The summed E-state index contributed by atoms with van der Waals surface area (Å²) < 4.78 is 0. The van der Waals surface area contributed by atoms with Gasteiger partial charge in [0.25, 0.3) is 5.91 Å². The van der Waals surface area contributed by atoms with E-state index in [1.807, 2.05) is 0 Å². The maximum Gasteiger partial charge on any atom is 0.251 e. The van der Waals surface area contributed by atoms with Crippen LogP contribution >= 0.6 is 0 Å². The molecular formula is C28H28N4O4.